The van der Waals surface area contributed by atoms with Crippen LogP contribution >= 0.6 is 0 Å². The molecule has 16 heteroatoms. The van der Waals surface area contributed by atoms with Gasteiger partial charge in [-0.05, 0) is 32.8 Å². The van der Waals surface area contributed by atoms with Crippen LogP contribution in [0.15, 0.2) is 78.2 Å². The van der Waals surface area contributed by atoms with Crippen LogP contribution in [0.25, 0.3) is 11.2 Å². The highest BCUT2D eigenvalue weighted by molar-refractivity contribution is 5.83. The van der Waals surface area contributed by atoms with E-state index >= 15 is 0 Å². The van der Waals surface area contributed by atoms with Gasteiger partial charge in [0.1, 0.15) is 36.6 Å². The molecular formula is C34H44N4O12. The first-order valence-corrected chi connectivity index (χ1v) is 16.3. The average Bonchev–Trinajstić information content (AvgIpc) is 3.66. The van der Waals surface area contributed by atoms with Gasteiger partial charge in [-0.3, -0.25) is 9.36 Å². The Morgan fingerprint density at radius 3 is 2.48 bits per heavy atom. The van der Waals surface area contributed by atoms with Gasteiger partial charge in [0.2, 0.25) is 0 Å². The zero-order valence-electron chi connectivity index (χ0n) is 27.9. The molecule has 0 aromatic carbocycles. The van der Waals surface area contributed by atoms with Crippen molar-refractivity contribution in [3.8, 4) is 0 Å². The highest BCUT2D eigenvalue weighted by atomic mass is 16.7. The van der Waals surface area contributed by atoms with Crippen molar-refractivity contribution in [2.24, 2.45) is 0 Å². The van der Waals surface area contributed by atoms with Crippen molar-refractivity contribution in [2.75, 3.05) is 6.61 Å². The molecule has 272 valence electrons. The largest absolute Gasteiger partial charge is 0.455 e. The van der Waals surface area contributed by atoms with Crippen LogP contribution in [-0.2, 0) is 33.3 Å². The number of rotatable bonds is 15. The minimum Gasteiger partial charge on any atom is -0.455 e. The SMILES string of the molecule is CCC/C=C\C=C\C(=O)OC(C)/C=C\C/C=C/C=C/C(=O)O[C@H]1[C@@H](O)[C@H](O)[C@H](O[C@@H]2[C@H](O)[C@@H](CO)O[C@H]2n2cnc3c(=O)[nH]cnc32)O[C@H]1C. The maximum atomic E-state index is 12.5. The van der Waals surface area contributed by atoms with Crippen molar-refractivity contribution in [1.29, 1.82) is 0 Å². The summed E-state index contributed by atoms with van der Waals surface area (Å²) in [6, 6.07) is 0. The topological polar surface area (TPSA) is 225 Å². The molecule has 0 radical (unpaired) electrons. The lowest BCUT2D eigenvalue weighted by Crippen LogP contribution is -2.59. The monoisotopic (exact) mass is 700 g/mol. The molecule has 0 bridgehead atoms. The number of aliphatic hydroxyl groups is 4. The Morgan fingerprint density at radius 1 is 1.00 bits per heavy atom. The van der Waals surface area contributed by atoms with Gasteiger partial charge in [-0.15, -0.1) is 0 Å². The molecule has 1 unspecified atom stereocenters. The third kappa shape index (κ3) is 9.91. The summed E-state index contributed by atoms with van der Waals surface area (Å²) >= 11 is 0. The predicted octanol–water partition coefficient (Wildman–Crippen LogP) is 1.04. The number of aromatic amines is 1. The van der Waals surface area contributed by atoms with Gasteiger partial charge in [-0.1, -0.05) is 55.9 Å². The van der Waals surface area contributed by atoms with E-state index in [1.54, 1.807) is 43.4 Å². The van der Waals surface area contributed by atoms with Crippen molar-refractivity contribution in [1.82, 2.24) is 19.5 Å². The van der Waals surface area contributed by atoms with Gasteiger partial charge in [0.05, 0.1) is 25.4 Å². The predicted molar refractivity (Wildman–Crippen MR) is 177 cm³/mol. The molecule has 0 saturated carbocycles. The van der Waals surface area contributed by atoms with Crippen molar-refractivity contribution in [2.45, 2.75) is 101 Å². The first-order chi connectivity index (χ1) is 24.0. The summed E-state index contributed by atoms with van der Waals surface area (Å²) < 4.78 is 29.4. The number of allylic oxidation sites excluding steroid dienone is 7. The molecule has 10 atom stereocenters. The Kier molecular flexibility index (Phi) is 14.4. The molecule has 0 spiro atoms. The molecule has 5 N–H and O–H groups in total. The zero-order valence-corrected chi connectivity index (χ0v) is 27.9. The van der Waals surface area contributed by atoms with Gasteiger partial charge in [0.25, 0.3) is 5.56 Å². The maximum Gasteiger partial charge on any atom is 0.331 e. The average molecular weight is 701 g/mol. The maximum absolute atomic E-state index is 12.5. The van der Waals surface area contributed by atoms with Gasteiger partial charge in [0, 0.05) is 12.2 Å². The molecule has 50 heavy (non-hydrogen) atoms. The normalized spacial score (nSPS) is 29.7. The molecule has 4 heterocycles. The Labute approximate surface area is 288 Å². The summed E-state index contributed by atoms with van der Waals surface area (Å²) in [7, 11) is 0. The summed E-state index contributed by atoms with van der Waals surface area (Å²) in [6.07, 6.45) is 8.75. The second kappa shape index (κ2) is 18.6. The Bertz CT molecular complexity index is 1630. The second-order valence-electron chi connectivity index (χ2n) is 11.7. The van der Waals surface area contributed by atoms with E-state index in [1.165, 1.54) is 36.3 Å². The van der Waals surface area contributed by atoms with Crippen LogP contribution < -0.4 is 5.56 Å². The molecule has 4 rings (SSSR count). The van der Waals surface area contributed by atoms with Crippen molar-refractivity contribution < 1.29 is 53.7 Å². The zero-order chi connectivity index (χ0) is 36.2. The number of carbonyl (C=O) groups excluding carboxylic acids is 2. The number of esters is 2. The van der Waals surface area contributed by atoms with Gasteiger partial charge < -0.3 is 49.1 Å². The Morgan fingerprint density at radius 2 is 1.74 bits per heavy atom. The smallest absolute Gasteiger partial charge is 0.331 e. The standard InChI is InChI=1S/C34H44N4O12/c1-4-5-6-8-12-15-23(40)46-20(2)14-11-9-7-10-13-16-24(41)49-29-21(3)47-34(28(44)27(29)43)50-30-26(42)22(17-39)48-33(30)38-19-37-25-31(38)35-18-36-32(25)45/h6-8,10-16,18-22,26-30,33-34,39,42-44H,4-5,9,17H2,1-3H3,(H,35,36,45)/b8-6-,10-7+,14-11-,15-12+,16-13+/t20?,21-,22+,26+,27-,28-,29+,30+,33+,34-/m0/s1. The van der Waals surface area contributed by atoms with Crippen molar-refractivity contribution in [3.63, 3.8) is 0 Å². The van der Waals surface area contributed by atoms with Gasteiger partial charge >= 0.3 is 11.9 Å². The van der Waals surface area contributed by atoms with Crippen LogP contribution in [0.2, 0.25) is 0 Å². The number of hydrogen-bond acceptors (Lipinski definition) is 14. The summed E-state index contributed by atoms with van der Waals surface area (Å²) in [4.78, 5) is 47.0. The third-order valence-corrected chi connectivity index (χ3v) is 7.85. The van der Waals surface area contributed by atoms with Gasteiger partial charge in [-0.2, -0.15) is 0 Å². The lowest BCUT2D eigenvalue weighted by Gasteiger charge is -2.41. The number of aliphatic hydroxyl groups excluding tert-OH is 4. The number of hydrogen-bond donors (Lipinski definition) is 5. The molecule has 2 aliphatic rings. The number of aromatic nitrogens is 4. The van der Waals surface area contributed by atoms with E-state index in [4.69, 9.17) is 23.7 Å². The molecule has 0 amide bonds. The van der Waals surface area contributed by atoms with Gasteiger partial charge in [0.15, 0.2) is 29.8 Å². The van der Waals surface area contributed by atoms with Crippen molar-refractivity contribution >= 4 is 23.1 Å². The lowest BCUT2D eigenvalue weighted by molar-refractivity contribution is -0.314. The Balaban J connectivity index is 1.27. The molecule has 2 aromatic rings. The molecule has 0 aliphatic carbocycles. The number of fused-ring (bicyclic) bond motifs is 1. The summed E-state index contributed by atoms with van der Waals surface area (Å²) in [6.45, 7) is 4.74. The molecule has 2 aliphatic heterocycles. The molecule has 16 nitrogen and oxygen atoms in total. The number of carbonyl (C=O) groups is 2. The first-order valence-electron chi connectivity index (χ1n) is 16.3. The minimum absolute atomic E-state index is 0.00465. The minimum atomic E-state index is -1.72. The summed E-state index contributed by atoms with van der Waals surface area (Å²) in [5.74, 6) is -1.24. The van der Waals surface area contributed by atoms with Crippen LogP contribution in [0.5, 0.6) is 0 Å². The number of imidazole rings is 1. The summed E-state index contributed by atoms with van der Waals surface area (Å²) in [5.41, 5.74) is -0.378. The van der Waals surface area contributed by atoms with Crippen LogP contribution in [0.1, 0.15) is 46.3 Å². The van der Waals surface area contributed by atoms with E-state index in [0.29, 0.717) is 6.42 Å². The number of ether oxygens (including phenoxy) is 5. The van der Waals surface area contributed by atoms with E-state index in [2.05, 4.69) is 21.9 Å². The van der Waals surface area contributed by atoms with Crippen LogP contribution in [0, 0.1) is 0 Å². The molecule has 2 fully saturated rings. The highest BCUT2D eigenvalue weighted by Gasteiger charge is 2.51. The fourth-order valence-corrected chi connectivity index (χ4v) is 5.28. The van der Waals surface area contributed by atoms with E-state index in [0.717, 1.165) is 18.9 Å². The first kappa shape index (κ1) is 38.5. The highest BCUT2D eigenvalue weighted by Crippen LogP contribution is 2.36. The number of H-pyrrole nitrogens is 1. The Hall–Kier alpha value is -4.29. The second-order valence-corrected chi connectivity index (χ2v) is 11.7. The van der Waals surface area contributed by atoms with Crippen molar-refractivity contribution in [3.05, 3.63) is 83.8 Å². The van der Waals surface area contributed by atoms with Crippen LogP contribution in [-0.4, -0.2) is 114 Å². The quantitative estimate of drug-likeness (QED) is 0.0758. The lowest BCUT2D eigenvalue weighted by atomic mass is 9.99. The van der Waals surface area contributed by atoms with E-state index < -0.39 is 85.5 Å². The van der Waals surface area contributed by atoms with E-state index in [-0.39, 0.29) is 11.2 Å². The van der Waals surface area contributed by atoms with Gasteiger partial charge in [-0.25, -0.2) is 19.6 Å². The fourth-order valence-electron chi connectivity index (χ4n) is 5.28. The fraction of sp³-hybridized carbons (Fsp3) is 0.500. The van der Waals surface area contributed by atoms with E-state index in [1.807, 2.05) is 6.08 Å². The third-order valence-electron chi connectivity index (χ3n) is 7.85. The molecular weight excluding hydrogens is 656 g/mol. The van der Waals surface area contributed by atoms with Crippen LogP contribution in [0.3, 0.4) is 0 Å². The van der Waals surface area contributed by atoms with E-state index in [9.17, 15) is 34.8 Å². The van der Waals surface area contributed by atoms with Crippen LogP contribution in [0.4, 0.5) is 0 Å². The number of nitrogens with one attached hydrogen (secondary N) is 1. The summed E-state index contributed by atoms with van der Waals surface area (Å²) in [5, 5.41) is 42.4. The number of nitrogens with zero attached hydrogens (tertiary/aromatic N) is 3. The molecule has 2 saturated heterocycles. The number of unbranched alkanes of at least 4 members (excludes halogenated alkanes) is 1. The molecule has 2 aromatic heterocycles.